The van der Waals surface area contributed by atoms with Gasteiger partial charge in [0.05, 0.1) is 5.69 Å². The summed E-state index contributed by atoms with van der Waals surface area (Å²) in [6.45, 7) is 1.40. The first kappa shape index (κ1) is 12.8. The largest absolute Gasteiger partial charge is 0.273 e. The summed E-state index contributed by atoms with van der Waals surface area (Å²) in [6, 6.07) is 17.7. The first-order valence-electron chi connectivity index (χ1n) is 5.90. The minimum Gasteiger partial charge on any atom is -0.273 e. The van der Waals surface area contributed by atoms with Crippen molar-refractivity contribution in [2.45, 2.75) is 6.92 Å². The summed E-state index contributed by atoms with van der Waals surface area (Å²) in [5, 5.41) is 1.23. The molecule has 19 heavy (non-hydrogen) atoms. The molecule has 0 aromatic heterocycles. The molecule has 0 saturated heterocycles. The molecule has 96 valence electrons. The van der Waals surface area contributed by atoms with Gasteiger partial charge >= 0.3 is 0 Å². The number of carbonyl (C=O) groups is 2. The number of anilines is 1. The zero-order valence-electron chi connectivity index (χ0n) is 10.5. The summed E-state index contributed by atoms with van der Waals surface area (Å²) in [7, 11) is 0. The topological polar surface area (TPSA) is 49.4 Å². The molecule has 0 spiro atoms. The van der Waals surface area contributed by atoms with Gasteiger partial charge in [-0.25, -0.2) is 5.01 Å². The average Bonchev–Trinajstić information content (AvgIpc) is 2.46. The molecule has 0 bridgehead atoms. The van der Waals surface area contributed by atoms with E-state index in [0.29, 0.717) is 11.3 Å². The van der Waals surface area contributed by atoms with E-state index in [4.69, 9.17) is 0 Å². The molecule has 0 unspecified atom stereocenters. The lowest BCUT2D eigenvalue weighted by Gasteiger charge is -2.21. The van der Waals surface area contributed by atoms with Crippen LogP contribution >= 0.6 is 0 Å². The molecule has 1 N–H and O–H groups in total. The van der Waals surface area contributed by atoms with Crippen molar-refractivity contribution in [1.82, 2.24) is 5.43 Å². The van der Waals surface area contributed by atoms with Gasteiger partial charge in [-0.2, -0.15) is 0 Å². The number of benzene rings is 2. The fourth-order valence-electron chi connectivity index (χ4n) is 1.66. The Hall–Kier alpha value is -2.62. The molecular formula is C15H14N2O2. The van der Waals surface area contributed by atoms with Crippen molar-refractivity contribution in [1.29, 1.82) is 0 Å². The van der Waals surface area contributed by atoms with Crippen LogP contribution in [0.25, 0.3) is 0 Å². The number of nitrogens with zero attached hydrogens (tertiary/aromatic N) is 1. The zero-order chi connectivity index (χ0) is 13.7. The first-order chi connectivity index (χ1) is 9.18. The lowest BCUT2D eigenvalue weighted by atomic mass is 10.2. The third-order valence-corrected chi connectivity index (χ3v) is 2.58. The second-order valence-electron chi connectivity index (χ2n) is 4.00. The smallest absolute Gasteiger partial charge is 0.270 e. The number of carbonyl (C=O) groups excluding carboxylic acids is 2. The number of hydrogen-bond acceptors (Lipinski definition) is 2. The van der Waals surface area contributed by atoms with Gasteiger partial charge in [-0.3, -0.25) is 15.0 Å². The molecule has 2 aromatic rings. The predicted octanol–water partition coefficient (Wildman–Crippen LogP) is 2.38. The third-order valence-electron chi connectivity index (χ3n) is 2.58. The van der Waals surface area contributed by atoms with Gasteiger partial charge in [0.2, 0.25) is 5.91 Å². The standard InChI is InChI=1S/C15H14N2O2/c1-12(18)17(14-10-6-3-7-11-14)16-15(19)13-8-4-2-5-9-13/h2-11H,1H3,(H,16,19). The van der Waals surface area contributed by atoms with Crippen LogP contribution in [0.4, 0.5) is 5.69 Å². The van der Waals surface area contributed by atoms with Crippen molar-refractivity contribution in [3.63, 3.8) is 0 Å². The van der Waals surface area contributed by atoms with Gasteiger partial charge < -0.3 is 0 Å². The quantitative estimate of drug-likeness (QED) is 0.836. The van der Waals surface area contributed by atoms with Gasteiger partial charge in [-0.1, -0.05) is 36.4 Å². The predicted molar refractivity (Wildman–Crippen MR) is 73.5 cm³/mol. The van der Waals surface area contributed by atoms with Crippen LogP contribution in [0.5, 0.6) is 0 Å². The number of hydrogen-bond donors (Lipinski definition) is 1. The van der Waals surface area contributed by atoms with E-state index in [2.05, 4.69) is 5.43 Å². The maximum Gasteiger partial charge on any atom is 0.270 e. The number of nitrogens with one attached hydrogen (secondary N) is 1. The Kier molecular flexibility index (Phi) is 3.93. The molecule has 0 radical (unpaired) electrons. The van der Waals surface area contributed by atoms with Crippen LogP contribution in [0.15, 0.2) is 60.7 Å². The molecule has 0 aliphatic carbocycles. The number of rotatable bonds is 2. The van der Waals surface area contributed by atoms with Crippen LogP contribution in [0.1, 0.15) is 17.3 Å². The van der Waals surface area contributed by atoms with Gasteiger partial charge in [0.25, 0.3) is 5.91 Å². The van der Waals surface area contributed by atoms with Gasteiger partial charge in [-0.05, 0) is 24.3 Å². The lowest BCUT2D eigenvalue weighted by molar-refractivity contribution is -0.117. The molecule has 2 aromatic carbocycles. The van der Waals surface area contributed by atoms with Crippen LogP contribution in [0.3, 0.4) is 0 Å². The van der Waals surface area contributed by atoms with Crippen molar-refractivity contribution in [2.24, 2.45) is 0 Å². The van der Waals surface area contributed by atoms with E-state index in [1.807, 2.05) is 12.1 Å². The molecule has 0 fully saturated rings. The van der Waals surface area contributed by atoms with Crippen LogP contribution < -0.4 is 10.4 Å². The molecule has 2 rings (SSSR count). The number of amides is 2. The SMILES string of the molecule is CC(=O)N(NC(=O)c1ccccc1)c1ccccc1. The molecule has 4 nitrogen and oxygen atoms in total. The Labute approximate surface area is 111 Å². The van der Waals surface area contributed by atoms with Crippen LogP contribution in [0.2, 0.25) is 0 Å². The maximum atomic E-state index is 12.0. The van der Waals surface area contributed by atoms with Crippen molar-refractivity contribution in [3.05, 3.63) is 66.2 Å². The second-order valence-corrected chi connectivity index (χ2v) is 4.00. The minimum atomic E-state index is -0.320. The Morgan fingerprint density at radius 2 is 1.42 bits per heavy atom. The molecule has 0 heterocycles. The van der Waals surface area contributed by atoms with Crippen molar-refractivity contribution < 1.29 is 9.59 Å². The average molecular weight is 254 g/mol. The fourth-order valence-corrected chi connectivity index (χ4v) is 1.66. The monoisotopic (exact) mass is 254 g/mol. The van der Waals surface area contributed by atoms with E-state index in [0.717, 1.165) is 0 Å². The highest BCUT2D eigenvalue weighted by atomic mass is 16.2. The molecule has 0 aliphatic rings. The highest BCUT2D eigenvalue weighted by Gasteiger charge is 2.15. The maximum absolute atomic E-state index is 12.0. The fraction of sp³-hybridized carbons (Fsp3) is 0.0667. The molecule has 4 heteroatoms. The Morgan fingerprint density at radius 1 is 0.895 bits per heavy atom. The summed E-state index contributed by atoms with van der Waals surface area (Å²) in [5.74, 6) is -0.574. The highest BCUT2D eigenvalue weighted by molar-refractivity contribution is 6.00. The summed E-state index contributed by atoms with van der Waals surface area (Å²) in [6.07, 6.45) is 0. The summed E-state index contributed by atoms with van der Waals surface area (Å²) >= 11 is 0. The van der Waals surface area contributed by atoms with Crippen molar-refractivity contribution in [3.8, 4) is 0 Å². The first-order valence-corrected chi connectivity index (χ1v) is 5.90. The van der Waals surface area contributed by atoms with E-state index < -0.39 is 0 Å². The van der Waals surface area contributed by atoms with Gasteiger partial charge in [0, 0.05) is 12.5 Å². The lowest BCUT2D eigenvalue weighted by Crippen LogP contribution is -2.45. The minimum absolute atomic E-state index is 0.254. The summed E-state index contributed by atoms with van der Waals surface area (Å²) in [4.78, 5) is 23.7. The zero-order valence-corrected chi connectivity index (χ0v) is 10.5. The molecule has 0 atom stereocenters. The second kappa shape index (κ2) is 5.82. The van der Waals surface area contributed by atoms with E-state index in [1.165, 1.54) is 11.9 Å². The molecule has 0 saturated carbocycles. The molecule has 0 aliphatic heterocycles. The van der Waals surface area contributed by atoms with Crippen molar-refractivity contribution >= 4 is 17.5 Å². The van der Waals surface area contributed by atoms with E-state index in [-0.39, 0.29) is 11.8 Å². The summed E-state index contributed by atoms with van der Waals surface area (Å²) < 4.78 is 0. The molecule has 2 amide bonds. The number of para-hydroxylation sites is 1. The van der Waals surface area contributed by atoms with Gasteiger partial charge in [0.1, 0.15) is 0 Å². The third kappa shape index (κ3) is 3.19. The van der Waals surface area contributed by atoms with Gasteiger partial charge in [-0.15, -0.1) is 0 Å². The Balaban J connectivity index is 2.19. The van der Waals surface area contributed by atoms with Crippen LogP contribution in [-0.4, -0.2) is 11.8 Å². The van der Waals surface area contributed by atoms with Crippen LogP contribution in [0, 0.1) is 0 Å². The Bertz CT molecular complexity index is 567. The molecular weight excluding hydrogens is 240 g/mol. The van der Waals surface area contributed by atoms with E-state index in [9.17, 15) is 9.59 Å². The summed E-state index contributed by atoms with van der Waals surface area (Å²) in [5.41, 5.74) is 3.72. The highest BCUT2D eigenvalue weighted by Crippen LogP contribution is 2.11. The normalized spacial score (nSPS) is 9.74. The van der Waals surface area contributed by atoms with Gasteiger partial charge in [0.15, 0.2) is 0 Å². The van der Waals surface area contributed by atoms with Crippen molar-refractivity contribution in [2.75, 3.05) is 5.01 Å². The Morgan fingerprint density at radius 3 is 1.95 bits per heavy atom. The van der Waals surface area contributed by atoms with E-state index in [1.54, 1.807) is 48.5 Å². The van der Waals surface area contributed by atoms with Crippen LogP contribution in [-0.2, 0) is 4.79 Å². The number of hydrazine groups is 1. The van der Waals surface area contributed by atoms with E-state index >= 15 is 0 Å².